The monoisotopic (exact) mass is 315 g/mol. The topological polar surface area (TPSA) is 68.8 Å². The number of nitrogens with zero attached hydrogens (tertiary/aromatic N) is 4. The minimum absolute atomic E-state index is 0. The Balaban J connectivity index is 0.00000147. The summed E-state index contributed by atoms with van der Waals surface area (Å²) >= 11 is 1.63. The average Bonchev–Trinajstić information content (AvgIpc) is 3.06. The largest absolute Gasteiger partial charge is 0.361 e. The quantitative estimate of drug-likeness (QED) is 0.823. The summed E-state index contributed by atoms with van der Waals surface area (Å²) in [5, 5.41) is 16.4. The first-order chi connectivity index (χ1) is 9.28. The van der Waals surface area contributed by atoms with E-state index in [4.69, 9.17) is 4.52 Å². The van der Waals surface area contributed by atoms with Crippen LogP contribution in [0.15, 0.2) is 15.7 Å². The predicted molar refractivity (Wildman–Crippen MR) is 79.1 cm³/mol. The maximum absolute atomic E-state index is 5.33. The molecule has 8 heteroatoms. The summed E-state index contributed by atoms with van der Waals surface area (Å²) < 4.78 is 7.34. The van der Waals surface area contributed by atoms with E-state index in [1.807, 2.05) is 18.7 Å². The third kappa shape index (κ3) is 3.34. The third-order valence-electron chi connectivity index (χ3n) is 3.17. The van der Waals surface area contributed by atoms with Crippen molar-refractivity contribution in [3.8, 4) is 0 Å². The summed E-state index contributed by atoms with van der Waals surface area (Å²) in [5.74, 6) is 3.35. The first-order valence-electron chi connectivity index (χ1n) is 6.39. The lowest BCUT2D eigenvalue weighted by molar-refractivity contribution is 0.380. The smallest absolute Gasteiger partial charge is 0.191 e. The molecule has 0 atom stereocenters. The summed E-state index contributed by atoms with van der Waals surface area (Å²) in [6.45, 7) is 0.722. The van der Waals surface area contributed by atoms with Crippen molar-refractivity contribution in [2.75, 3.05) is 7.05 Å². The molecule has 2 aromatic rings. The van der Waals surface area contributed by atoms with Crippen molar-refractivity contribution in [1.82, 2.24) is 25.2 Å². The molecule has 110 valence electrons. The highest BCUT2D eigenvalue weighted by Crippen LogP contribution is 2.40. The van der Waals surface area contributed by atoms with Crippen molar-refractivity contribution in [1.29, 1.82) is 0 Å². The van der Waals surface area contributed by atoms with Crippen LogP contribution in [0.5, 0.6) is 0 Å². The Labute approximate surface area is 128 Å². The highest BCUT2D eigenvalue weighted by Gasteiger charge is 2.27. The Hall–Kier alpha value is -1.05. The molecule has 1 N–H and O–H groups in total. The third-order valence-corrected chi connectivity index (χ3v) is 4.22. The maximum Gasteiger partial charge on any atom is 0.191 e. The highest BCUT2D eigenvalue weighted by atomic mass is 35.5. The lowest BCUT2D eigenvalue weighted by Gasteiger charge is -2.01. The zero-order valence-corrected chi connectivity index (χ0v) is 13.1. The summed E-state index contributed by atoms with van der Waals surface area (Å²) in [4.78, 5) is 0. The highest BCUT2D eigenvalue weighted by molar-refractivity contribution is 7.98. The molecule has 0 aliphatic heterocycles. The van der Waals surface area contributed by atoms with Gasteiger partial charge in [0.05, 0.1) is 12.2 Å². The fourth-order valence-corrected chi connectivity index (χ4v) is 2.69. The van der Waals surface area contributed by atoms with E-state index in [-0.39, 0.29) is 12.4 Å². The Bertz CT molecular complexity index is 566. The van der Waals surface area contributed by atoms with Crippen molar-refractivity contribution in [3.63, 3.8) is 0 Å². The van der Waals surface area contributed by atoms with E-state index in [1.54, 1.807) is 11.8 Å². The molecular weight excluding hydrogens is 298 g/mol. The van der Waals surface area contributed by atoms with Gasteiger partial charge in [0.2, 0.25) is 0 Å². The van der Waals surface area contributed by atoms with Gasteiger partial charge in [0.1, 0.15) is 11.6 Å². The van der Waals surface area contributed by atoms with Gasteiger partial charge < -0.3 is 14.4 Å². The molecular formula is C12H18ClN5OS. The molecule has 0 aromatic carbocycles. The van der Waals surface area contributed by atoms with E-state index in [9.17, 15) is 0 Å². The van der Waals surface area contributed by atoms with Gasteiger partial charge in [0.15, 0.2) is 5.16 Å². The minimum atomic E-state index is 0. The van der Waals surface area contributed by atoms with E-state index in [0.29, 0.717) is 5.92 Å². The second kappa shape index (κ2) is 6.60. The van der Waals surface area contributed by atoms with Crippen LogP contribution >= 0.6 is 24.2 Å². The normalized spacial score (nSPS) is 14.3. The number of hydrogen-bond acceptors (Lipinski definition) is 6. The number of halogens is 1. The van der Waals surface area contributed by atoms with Crippen LogP contribution in [0.1, 0.15) is 36.0 Å². The molecule has 0 radical (unpaired) electrons. The molecule has 1 aliphatic rings. The van der Waals surface area contributed by atoms with Crippen LogP contribution in [0.3, 0.4) is 0 Å². The number of aromatic nitrogens is 4. The van der Waals surface area contributed by atoms with Crippen molar-refractivity contribution in [3.05, 3.63) is 23.3 Å². The summed E-state index contributed by atoms with van der Waals surface area (Å²) in [7, 11) is 3.88. The molecule has 6 nitrogen and oxygen atoms in total. The van der Waals surface area contributed by atoms with Crippen LogP contribution in [0, 0.1) is 0 Å². The number of thioether (sulfide) groups is 1. The molecule has 1 saturated carbocycles. The molecule has 0 unspecified atom stereocenters. The maximum atomic E-state index is 5.33. The zero-order valence-electron chi connectivity index (χ0n) is 11.5. The van der Waals surface area contributed by atoms with Gasteiger partial charge in [-0.05, 0) is 19.9 Å². The molecule has 2 aromatic heterocycles. The summed E-state index contributed by atoms with van der Waals surface area (Å²) in [6.07, 6.45) is 2.47. The Morgan fingerprint density at radius 1 is 1.45 bits per heavy atom. The Morgan fingerprint density at radius 2 is 2.25 bits per heavy atom. The fourth-order valence-electron chi connectivity index (χ4n) is 1.88. The van der Waals surface area contributed by atoms with Crippen molar-refractivity contribution < 1.29 is 4.52 Å². The lowest BCUT2D eigenvalue weighted by Crippen LogP contribution is -2.10. The average molecular weight is 316 g/mol. The molecule has 20 heavy (non-hydrogen) atoms. The standard InChI is InChI=1S/C12H17N5OS.ClH/c1-13-6-11-14-15-12(17(11)2)19-7-9-5-10(18-16-9)8-3-4-8;/h5,8,13H,3-4,6-7H2,1-2H3;1H. The second-order valence-electron chi connectivity index (χ2n) is 4.77. The second-order valence-corrected chi connectivity index (χ2v) is 5.71. The van der Waals surface area contributed by atoms with E-state index in [0.717, 1.165) is 34.7 Å². The lowest BCUT2D eigenvalue weighted by atomic mass is 10.3. The van der Waals surface area contributed by atoms with Crippen molar-refractivity contribution >= 4 is 24.2 Å². The molecule has 0 spiro atoms. The van der Waals surface area contributed by atoms with Crippen LogP contribution in [-0.2, 0) is 19.3 Å². The molecule has 1 fully saturated rings. The van der Waals surface area contributed by atoms with E-state index >= 15 is 0 Å². The zero-order chi connectivity index (χ0) is 13.2. The molecule has 0 saturated heterocycles. The van der Waals surface area contributed by atoms with Crippen molar-refractivity contribution in [2.45, 2.75) is 36.2 Å². The molecule has 1 aliphatic carbocycles. The van der Waals surface area contributed by atoms with Crippen LogP contribution in [-0.4, -0.2) is 27.0 Å². The van der Waals surface area contributed by atoms with Crippen LogP contribution in [0.4, 0.5) is 0 Å². The van der Waals surface area contributed by atoms with Crippen LogP contribution in [0.2, 0.25) is 0 Å². The number of rotatable bonds is 6. The van der Waals surface area contributed by atoms with E-state index in [2.05, 4.69) is 26.7 Å². The molecule has 0 amide bonds. The Kier molecular flexibility index (Phi) is 5.06. The van der Waals surface area contributed by atoms with Gasteiger partial charge >= 0.3 is 0 Å². The first-order valence-corrected chi connectivity index (χ1v) is 7.37. The summed E-state index contributed by atoms with van der Waals surface area (Å²) in [6, 6.07) is 2.07. The SMILES string of the molecule is CNCc1nnc(SCc2cc(C3CC3)on2)n1C.Cl. The van der Waals surface area contributed by atoms with E-state index < -0.39 is 0 Å². The van der Waals surface area contributed by atoms with Gasteiger partial charge in [-0.3, -0.25) is 0 Å². The van der Waals surface area contributed by atoms with Crippen LogP contribution in [0.25, 0.3) is 0 Å². The van der Waals surface area contributed by atoms with Gasteiger partial charge in [-0.15, -0.1) is 22.6 Å². The van der Waals surface area contributed by atoms with Gasteiger partial charge in [0, 0.05) is 24.8 Å². The van der Waals surface area contributed by atoms with Crippen molar-refractivity contribution in [2.24, 2.45) is 7.05 Å². The predicted octanol–water partition coefficient (Wildman–Crippen LogP) is 2.11. The van der Waals surface area contributed by atoms with Gasteiger partial charge in [-0.25, -0.2) is 0 Å². The first kappa shape index (κ1) is 15.3. The minimum Gasteiger partial charge on any atom is -0.361 e. The Morgan fingerprint density at radius 3 is 2.95 bits per heavy atom. The molecule has 2 heterocycles. The van der Waals surface area contributed by atoms with Gasteiger partial charge in [-0.1, -0.05) is 16.9 Å². The van der Waals surface area contributed by atoms with Gasteiger partial charge in [-0.2, -0.15) is 0 Å². The van der Waals surface area contributed by atoms with Gasteiger partial charge in [0.25, 0.3) is 0 Å². The molecule has 0 bridgehead atoms. The summed E-state index contributed by atoms with van der Waals surface area (Å²) in [5.41, 5.74) is 0.977. The number of nitrogens with one attached hydrogen (secondary N) is 1. The molecule has 3 rings (SSSR count). The van der Waals surface area contributed by atoms with Crippen LogP contribution < -0.4 is 5.32 Å². The number of hydrogen-bond donors (Lipinski definition) is 1. The fraction of sp³-hybridized carbons (Fsp3) is 0.583. The van der Waals surface area contributed by atoms with E-state index in [1.165, 1.54) is 12.8 Å².